The van der Waals surface area contributed by atoms with Gasteiger partial charge in [-0.15, -0.1) is 13.2 Å². The first-order valence-electron chi connectivity index (χ1n) is 8.43. The number of nitrogens with zero attached hydrogens (tertiary/aromatic N) is 1. The van der Waals surface area contributed by atoms with E-state index >= 15 is 0 Å². The molecule has 0 aromatic heterocycles. The zero-order valence-corrected chi connectivity index (χ0v) is 15.1. The van der Waals surface area contributed by atoms with Crippen LogP contribution in [0, 0.1) is 0 Å². The van der Waals surface area contributed by atoms with Gasteiger partial charge in [0.25, 0.3) is 0 Å². The van der Waals surface area contributed by atoms with Crippen molar-refractivity contribution < 1.29 is 22.7 Å². The lowest BCUT2D eigenvalue weighted by atomic mass is 10.1. The number of rotatable bonds is 7. The van der Waals surface area contributed by atoms with Crippen LogP contribution in [0.3, 0.4) is 0 Å². The Kier molecular flexibility index (Phi) is 7.06. The number of amides is 2. The van der Waals surface area contributed by atoms with Gasteiger partial charge in [-0.2, -0.15) is 0 Å². The van der Waals surface area contributed by atoms with Crippen molar-refractivity contribution in [3.8, 4) is 5.75 Å². The van der Waals surface area contributed by atoms with Gasteiger partial charge in [0, 0.05) is 13.1 Å². The molecule has 2 amide bonds. The van der Waals surface area contributed by atoms with Crippen LogP contribution in [-0.4, -0.2) is 30.9 Å². The van der Waals surface area contributed by atoms with Crippen molar-refractivity contribution in [3.05, 3.63) is 59.7 Å². The molecule has 146 valence electrons. The van der Waals surface area contributed by atoms with E-state index in [2.05, 4.69) is 27.2 Å². The summed E-state index contributed by atoms with van der Waals surface area (Å²) < 4.78 is 41.2. The lowest BCUT2D eigenvalue weighted by Gasteiger charge is -2.15. The van der Waals surface area contributed by atoms with E-state index in [-0.39, 0.29) is 12.2 Å². The first-order chi connectivity index (χ1) is 12.8. The van der Waals surface area contributed by atoms with Gasteiger partial charge < -0.3 is 20.3 Å². The standard InChI is InChI=1S/C19H22F3N3O2/c1-3-25(2)13-15-8-6-7-14(11-15)12-23-18(26)24-16-9-4-5-10-17(16)27-19(20,21)22/h4-11H,3,12-13H2,1-2H3,(H2,23,24,26). The smallest absolute Gasteiger partial charge is 0.404 e. The van der Waals surface area contributed by atoms with E-state index in [0.29, 0.717) is 0 Å². The normalized spacial score (nSPS) is 11.3. The second-order valence-electron chi connectivity index (χ2n) is 6.00. The molecule has 0 aliphatic heterocycles. The summed E-state index contributed by atoms with van der Waals surface area (Å²) in [5.74, 6) is -0.468. The molecule has 0 fully saturated rings. The van der Waals surface area contributed by atoms with Crippen molar-refractivity contribution in [1.82, 2.24) is 10.2 Å². The highest BCUT2D eigenvalue weighted by molar-refractivity contribution is 5.90. The molecule has 2 N–H and O–H groups in total. The highest BCUT2D eigenvalue weighted by atomic mass is 19.4. The predicted molar refractivity (Wildman–Crippen MR) is 97.4 cm³/mol. The Bertz CT molecular complexity index is 766. The highest BCUT2D eigenvalue weighted by Gasteiger charge is 2.32. The summed E-state index contributed by atoms with van der Waals surface area (Å²) in [6.07, 6.45) is -4.83. The molecule has 0 aliphatic carbocycles. The number of para-hydroxylation sites is 2. The molecule has 2 aromatic carbocycles. The molecule has 5 nitrogen and oxygen atoms in total. The molecule has 2 rings (SSSR count). The summed E-state index contributed by atoms with van der Waals surface area (Å²) in [7, 11) is 2.01. The summed E-state index contributed by atoms with van der Waals surface area (Å²) in [4.78, 5) is 14.2. The van der Waals surface area contributed by atoms with Crippen LogP contribution in [0.4, 0.5) is 23.7 Å². The number of hydrogen-bond acceptors (Lipinski definition) is 3. The summed E-state index contributed by atoms with van der Waals surface area (Å²) >= 11 is 0. The molecule has 0 saturated carbocycles. The van der Waals surface area contributed by atoms with Gasteiger partial charge >= 0.3 is 12.4 Å². The molecular weight excluding hydrogens is 359 g/mol. The van der Waals surface area contributed by atoms with E-state index in [1.54, 1.807) is 0 Å². The van der Waals surface area contributed by atoms with Crippen LogP contribution in [-0.2, 0) is 13.1 Å². The molecule has 8 heteroatoms. The number of carbonyl (C=O) groups excluding carboxylic acids is 1. The van der Waals surface area contributed by atoms with Crippen molar-refractivity contribution in [2.45, 2.75) is 26.4 Å². The van der Waals surface area contributed by atoms with E-state index in [4.69, 9.17) is 0 Å². The second kappa shape index (κ2) is 9.27. The second-order valence-corrected chi connectivity index (χ2v) is 6.00. The number of anilines is 1. The van der Waals surface area contributed by atoms with E-state index in [9.17, 15) is 18.0 Å². The lowest BCUT2D eigenvalue weighted by Crippen LogP contribution is -2.29. The molecule has 2 aromatic rings. The maximum Gasteiger partial charge on any atom is 0.573 e. The Balaban J connectivity index is 1.95. The summed E-state index contributed by atoms with van der Waals surface area (Å²) in [6, 6.07) is 12.5. The van der Waals surface area contributed by atoms with Crippen LogP contribution >= 0.6 is 0 Å². The molecular formula is C19H22F3N3O2. The quantitative estimate of drug-likeness (QED) is 0.749. The Morgan fingerprint density at radius 3 is 2.52 bits per heavy atom. The zero-order valence-electron chi connectivity index (χ0n) is 15.1. The molecule has 0 aliphatic rings. The Hall–Kier alpha value is -2.74. The SMILES string of the molecule is CCN(C)Cc1cccc(CNC(=O)Nc2ccccc2OC(F)(F)F)c1. The van der Waals surface area contributed by atoms with E-state index in [0.717, 1.165) is 30.3 Å². The topological polar surface area (TPSA) is 53.6 Å². The number of hydrogen-bond donors (Lipinski definition) is 2. The third kappa shape index (κ3) is 7.18. The summed E-state index contributed by atoms with van der Waals surface area (Å²) in [5.41, 5.74) is 1.95. The van der Waals surface area contributed by atoms with Crippen LogP contribution in [0.15, 0.2) is 48.5 Å². The van der Waals surface area contributed by atoms with E-state index < -0.39 is 18.1 Å². The van der Waals surface area contributed by atoms with Crippen LogP contribution in [0.2, 0.25) is 0 Å². The minimum Gasteiger partial charge on any atom is -0.404 e. The minimum absolute atomic E-state index is 0.0642. The van der Waals surface area contributed by atoms with Gasteiger partial charge in [-0.25, -0.2) is 4.79 Å². The maximum atomic E-state index is 12.4. The minimum atomic E-state index is -4.83. The Morgan fingerprint density at radius 2 is 1.81 bits per heavy atom. The van der Waals surface area contributed by atoms with Gasteiger partial charge in [0.1, 0.15) is 0 Å². The maximum absolute atomic E-state index is 12.4. The Morgan fingerprint density at radius 1 is 1.11 bits per heavy atom. The largest absolute Gasteiger partial charge is 0.573 e. The monoisotopic (exact) mass is 381 g/mol. The molecule has 0 saturated heterocycles. The number of carbonyl (C=O) groups is 1. The fraction of sp³-hybridized carbons (Fsp3) is 0.316. The molecule has 0 radical (unpaired) electrons. The van der Waals surface area contributed by atoms with Gasteiger partial charge in [0.15, 0.2) is 5.75 Å². The van der Waals surface area contributed by atoms with Crippen LogP contribution in [0.5, 0.6) is 5.75 Å². The van der Waals surface area contributed by atoms with Crippen molar-refractivity contribution in [3.63, 3.8) is 0 Å². The molecule has 0 bridgehead atoms. The van der Waals surface area contributed by atoms with Crippen LogP contribution in [0.25, 0.3) is 0 Å². The third-order valence-corrected chi connectivity index (χ3v) is 3.80. The first-order valence-corrected chi connectivity index (χ1v) is 8.43. The van der Waals surface area contributed by atoms with Gasteiger partial charge in [-0.1, -0.05) is 43.3 Å². The highest BCUT2D eigenvalue weighted by Crippen LogP contribution is 2.29. The molecule has 0 heterocycles. The zero-order chi connectivity index (χ0) is 19.9. The molecule has 0 unspecified atom stereocenters. The van der Waals surface area contributed by atoms with Crippen molar-refractivity contribution in [2.24, 2.45) is 0 Å². The number of alkyl halides is 3. The lowest BCUT2D eigenvalue weighted by molar-refractivity contribution is -0.274. The fourth-order valence-electron chi connectivity index (χ4n) is 2.39. The van der Waals surface area contributed by atoms with E-state index in [1.165, 1.54) is 18.2 Å². The van der Waals surface area contributed by atoms with Crippen molar-refractivity contribution in [2.75, 3.05) is 18.9 Å². The van der Waals surface area contributed by atoms with Gasteiger partial charge in [0.05, 0.1) is 5.69 Å². The predicted octanol–water partition coefficient (Wildman–Crippen LogP) is 4.36. The Labute approximate surface area is 156 Å². The fourth-order valence-corrected chi connectivity index (χ4v) is 2.39. The molecule has 27 heavy (non-hydrogen) atoms. The first kappa shape index (κ1) is 20.6. The summed E-state index contributed by atoms with van der Waals surface area (Å²) in [5, 5.41) is 5.01. The number of benzene rings is 2. The van der Waals surface area contributed by atoms with Crippen molar-refractivity contribution in [1.29, 1.82) is 0 Å². The molecule has 0 spiro atoms. The average molecular weight is 381 g/mol. The van der Waals surface area contributed by atoms with Gasteiger partial charge in [-0.05, 0) is 36.9 Å². The summed E-state index contributed by atoms with van der Waals surface area (Å²) in [6.45, 7) is 4.02. The van der Waals surface area contributed by atoms with Crippen molar-refractivity contribution >= 4 is 11.7 Å². The van der Waals surface area contributed by atoms with Crippen LogP contribution in [0.1, 0.15) is 18.1 Å². The number of urea groups is 1. The number of halogens is 3. The average Bonchev–Trinajstić information content (AvgIpc) is 2.61. The van der Waals surface area contributed by atoms with E-state index in [1.807, 2.05) is 31.3 Å². The number of nitrogens with one attached hydrogen (secondary N) is 2. The third-order valence-electron chi connectivity index (χ3n) is 3.80. The van der Waals surface area contributed by atoms with Gasteiger partial charge in [-0.3, -0.25) is 0 Å². The van der Waals surface area contributed by atoms with Crippen LogP contribution < -0.4 is 15.4 Å². The number of ether oxygens (including phenoxy) is 1. The molecule has 0 atom stereocenters. The van der Waals surface area contributed by atoms with Gasteiger partial charge in [0.2, 0.25) is 0 Å².